The van der Waals surface area contributed by atoms with Crippen LogP contribution in [0.4, 0.5) is 5.69 Å². The Morgan fingerprint density at radius 2 is 1.54 bits per heavy atom. The molecule has 1 saturated heterocycles. The van der Waals surface area contributed by atoms with Gasteiger partial charge >= 0.3 is 0 Å². The molecule has 2 fully saturated rings. The quantitative estimate of drug-likeness (QED) is 0.621. The molecule has 1 saturated carbocycles. The molecule has 4 atom stereocenters. The molecule has 4 nitrogen and oxygen atoms in total. The molecule has 1 heterocycles. The van der Waals surface area contributed by atoms with Gasteiger partial charge in [0.2, 0.25) is 11.8 Å². The molecule has 0 spiro atoms. The van der Waals surface area contributed by atoms with Crippen molar-refractivity contribution < 1.29 is 14.3 Å². The van der Waals surface area contributed by atoms with E-state index in [4.69, 9.17) is 4.74 Å². The SMILES string of the molecule is Cc1cccc(Oc2ccc(N3C(=O)[C@@H]4[C@@H](C3=O)[C@@H]3C=C[C@@H]4C3)cc2)c1. The lowest BCUT2D eigenvalue weighted by molar-refractivity contribution is -0.123. The summed E-state index contributed by atoms with van der Waals surface area (Å²) in [6.07, 6.45) is 5.17. The highest BCUT2D eigenvalue weighted by Crippen LogP contribution is 2.53. The monoisotopic (exact) mass is 345 g/mol. The lowest BCUT2D eigenvalue weighted by Crippen LogP contribution is -2.32. The Hall–Kier alpha value is -2.88. The van der Waals surface area contributed by atoms with Crippen molar-refractivity contribution in [1.29, 1.82) is 0 Å². The van der Waals surface area contributed by atoms with E-state index in [9.17, 15) is 9.59 Å². The molecule has 0 radical (unpaired) electrons. The van der Waals surface area contributed by atoms with Gasteiger partial charge < -0.3 is 4.74 Å². The number of allylic oxidation sites excluding steroid dienone is 2. The first-order chi connectivity index (χ1) is 12.6. The summed E-state index contributed by atoms with van der Waals surface area (Å²) in [4.78, 5) is 27.1. The first kappa shape index (κ1) is 15.4. The maximum Gasteiger partial charge on any atom is 0.238 e. The second-order valence-electron chi connectivity index (χ2n) is 7.42. The Bertz CT molecular complexity index is 901. The van der Waals surface area contributed by atoms with E-state index in [1.54, 1.807) is 24.3 Å². The molecular formula is C22H19NO3. The zero-order chi connectivity index (χ0) is 17.8. The highest BCUT2D eigenvalue weighted by Gasteiger charge is 2.59. The number of rotatable bonds is 3. The van der Waals surface area contributed by atoms with Gasteiger partial charge in [-0.05, 0) is 67.1 Å². The van der Waals surface area contributed by atoms with Gasteiger partial charge in [0.15, 0.2) is 0 Å². The number of carbonyl (C=O) groups excluding carboxylic acids is 2. The fraction of sp³-hybridized carbons (Fsp3) is 0.273. The van der Waals surface area contributed by atoms with Gasteiger partial charge in [-0.2, -0.15) is 0 Å². The van der Waals surface area contributed by atoms with Gasteiger partial charge in [-0.1, -0.05) is 24.3 Å². The lowest BCUT2D eigenvalue weighted by atomic mass is 9.85. The zero-order valence-electron chi connectivity index (χ0n) is 14.5. The summed E-state index contributed by atoms with van der Waals surface area (Å²) in [5, 5.41) is 0. The van der Waals surface area contributed by atoms with Crippen molar-refractivity contribution in [2.24, 2.45) is 23.7 Å². The van der Waals surface area contributed by atoms with Gasteiger partial charge in [0.25, 0.3) is 0 Å². The summed E-state index contributed by atoms with van der Waals surface area (Å²) in [5.74, 6) is 1.48. The van der Waals surface area contributed by atoms with Gasteiger partial charge in [-0.25, -0.2) is 0 Å². The van der Waals surface area contributed by atoms with Crippen molar-refractivity contribution in [3.05, 3.63) is 66.2 Å². The van der Waals surface area contributed by atoms with E-state index >= 15 is 0 Å². The van der Waals surface area contributed by atoms with E-state index in [2.05, 4.69) is 12.2 Å². The number of nitrogens with zero attached hydrogens (tertiary/aromatic N) is 1. The number of fused-ring (bicyclic) bond motifs is 5. The summed E-state index contributed by atoms with van der Waals surface area (Å²) in [5.41, 5.74) is 1.76. The topological polar surface area (TPSA) is 46.6 Å². The van der Waals surface area contributed by atoms with Crippen molar-refractivity contribution in [3.63, 3.8) is 0 Å². The molecule has 130 valence electrons. The van der Waals surface area contributed by atoms with Crippen LogP contribution in [0.15, 0.2) is 60.7 Å². The predicted molar refractivity (Wildman–Crippen MR) is 97.9 cm³/mol. The van der Waals surface area contributed by atoms with Crippen LogP contribution in [0.1, 0.15) is 12.0 Å². The minimum absolute atomic E-state index is 0.0517. The molecule has 5 rings (SSSR count). The van der Waals surface area contributed by atoms with Crippen molar-refractivity contribution in [3.8, 4) is 11.5 Å². The molecular weight excluding hydrogens is 326 g/mol. The lowest BCUT2D eigenvalue weighted by Gasteiger charge is -2.17. The van der Waals surface area contributed by atoms with E-state index in [1.807, 2.05) is 31.2 Å². The van der Waals surface area contributed by atoms with Gasteiger partial charge in [0.1, 0.15) is 11.5 Å². The third-order valence-electron chi connectivity index (χ3n) is 5.79. The van der Waals surface area contributed by atoms with Crippen molar-refractivity contribution in [2.45, 2.75) is 13.3 Å². The molecule has 0 aromatic heterocycles. The minimum atomic E-state index is -0.166. The first-order valence-electron chi connectivity index (χ1n) is 9.02. The van der Waals surface area contributed by atoms with Gasteiger partial charge in [-0.15, -0.1) is 0 Å². The number of amides is 2. The number of imide groups is 1. The van der Waals surface area contributed by atoms with E-state index in [0.717, 1.165) is 17.7 Å². The third kappa shape index (κ3) is 2.22. The van der Waals surface area contributed by atoms with E-state index < -0.39 is 0 Å². The maximum absolute atomic E-state index is 12.8. The van der Waals surface area contributed by atoms with Crippen molar-refractivity contribution in [1.82, 2.24) is 0 Å². The van der Waals surface area contributed by atoms with Crippen LogP contribution in [0, 0.1) is 30.6 Å². The van der Waals surface area contributed by atoms with E-state index in [-0.39, 0.29) is 35.5 Å². The highest BCUT2D eigenvalue weighted by atomic mass is 16.5. The smallest absolute Gasteiger partial charge is 0.238 e. The maximum atomic E-state index is 12.8. The number of benzene rings is 2. The molecule has 4 heteroatoms. The van der Waals surface area contributed by atoms with Crippen LogP contribution >= 0.6 is 0 Å². The van der Waals surface area contributed by atoms with Gasteiger partial charge in [-0.3, -0.25) is 14.5 Å². The largest absolute Gasteiger partial charge is 0.457 e. The third-order valence-corrected chi connectivity index (χ3v) is 5.79. The second-order valence-corrected chi connectivity index (χ2v) is 7.42. The van der Waals surface area contributed by atoms with Gasteiger partial charge in [0, 0.05) is 0 Å². The predicted octanol–water partition coefficient (Wildman–Crippen LogP) is 4.10. The van der Waals surface area contributed by atoms with E-state index in [0.29, 0.717) is 11.4 Å². The Morgan fingerprint density at radius 3 is 2.15 bits per heavy atom. The summed E-state index contributed by atoms with van der Waals surface area (Å²) in [6, 6.07) is 15.0. The van der Waals surface area contributed by atoms with Crippen LogP contribution < -0.4 is 9.64 Å². The molecule has 2 aromatic rings. The van der Waals surface area contributed by atoms with Crippen molar-refractivity contribution >= 4 is 17.5 Å². The molecule has 26 heavy (non-hydrogen) atoms. The molecule has 0 unspecified atom stereocenters. The molecule has 0 N–H and O–H groups in total. The Morgan fingerprint density at radius 1 is 0.885 bits per heavy atom. The summed E-state index contributed by atoms with van der Waals surface area (Å²) in [6.45, 7) is 2.01. The number of anilines is 1. The normalized spacial score (nSPS) is 28.7. The highest BCUT2D eigenvalue weighted by molar-refractivity contribution is 6.22. The number of ether oxygens (including phenoxy) is 1. The number of carbonyl (C=O) groups is 2. The number of hydrogen-bond acceptors (Lipinski definition) is 3. The Labute approximate surface area is 152 Å². The molecule has 2 aliphatic carbocycles. The molecule has 2 amide bonds. The average molecular weight is 345 g/mol. The molecule has 2 bridgehead atoms. The Kier molecular flexibility index (Phi) is 3.29. The fourth-order valence-corrected chi connectivity index (χ4v) is 4.63. The first-order valence-corrected chi connectivity index (χ1v) is 9.02. The second kappa shape index (κ2) is 5.56. The fourth-order valence-electron chi connectivity index (χ4n) is 4.63. The van der Waals surface area contributed by atoms with Gasteiger partial charge in [0.05, 0.1) is 17.5 Å². The summed E-state index contributed by atoms with van der Waals surface area (Å²) < 4.78 is 5.85. The standard InChI is InChI=1S/C22H19NO3/c1-13-3-2-4-18(11-13)26-17-9-7-16(8-10-17)23-21(24)19-14-5-6-15(12-14)20(19)22(23)25/h2-11,14-15,19-20H,12H2,1H3/t14-,15-,19+,20+/m1/s1. The van der Waals surface area contributed by atoms with Crippen LogP contribution in [0.5, 0.6) is 11.5 Å². The summed E-state index contributed by atoms with van der Waals surface area (Å²) in [7, 11) is 0. The molecule has 3 aliphatic rings. The average Bonchev–Trinajstić information content (AvgIpc) is 3.30. The zero-order valence-corrected chi connectivity index (χ0v) is 14.5. The van der Waals surface area contributed by atoms with E-state index in [1.165, 1.54) is 4.90 Å². The Balaban J connectivity index is 1.38. The number of aryl methyl sites for hydroxylation is 1. The summed E-state index contributed by atoms with van der Waals surface area (Å²) >= 11 is 0. The van der Waals surface area contributed by atoms with Crippen LogP contribution in [0.2, 0.25) is 0 Å². The molecule has 2 aromatic carbocycles. The minimum Gasteiger partial charge on any atom is -0.457 e. The van der Waals surface area contributed by atoms with Crippen molar-refractivity contribution in [2.75, 3.05) is 4.90 Å². The number of hydrogen-bond donors (Lipinski definition) is 0. The van der Waals surface area contributed by atoms with Crippen LogP contribution in [-0.4, -0.2) is 11.8 Å². The van der Waals surface area contributed by atoms with Crippen LogP contribution in [0.3, 0.4) is 0 Å². The van der Waals surface area contributed by atoms with Crippen LogP contribution in [0.25, 0.3) is 0 Å². The molecule has 1 aliphatic heterocycles. The van der Waals surface area contributed by atoms with Crippen LogP contribution in [-0.2, 0) is 9.59 Å².